The molecule has 8 heavy (non-hydrogen) atoms. The van der Waals surface area contributed by atoms with Crippen LogP contribution in [0.2, 0.25) is 0 Å². The lowest BCUT2D eigenvalue weighted by atomic mass is 10.4. The number of nitrogens with two attached hydrogens (primary N) is 2. The minimum atomic E-state index is -0.500. The van der Waals surface area contributed by atoms with Gasteiger partial charge < -0.3 is 11.5 Å². The summed E-state index contributed by atoms with van der Waals surface area (Å²) in [6.07, 6.45) is 1.17. The molecule has 0 aliphatic heterocycles. The van der Waals surface area contributed by atoms with Crippen LogP contribution in [0.15, 0.2) is 11.8 Å². The summed E-state index contributed by atoms with van der Waals surface area (Å²) in [6.45, 7) is 1.60. The fourth-order valence-electron chi connectivity index (χ4n) is 0.224. The molecule has 0 bridgehead atoms. The van der Waals surface area contributed by atoms with E-state index >= 15 is 0 Å². The quantitative estimate of drug-likeness (QED) is 0.489. The molecule has 0 aromatic carbocycles. The van der Waals surface area contributed by atoms with Crippen molar-refractivity contribution >= 4 is 18.3 Å². The molecule has 1 amide bonds. The molecule has 0 aliphatic rings. The zero-order chi connectivity index (χ0) is 5.86. The predicted molar refractivity (Wildman–Crippen MR) is 34.4 cm³/mol. The van der Waals surface area contributed by atoms with Crippen molar-refractivity contribution in [2.45, 2.75) is 6.92 Å². The minimum Gasteiger partial charge on any atom is -0.402 e. The van der Waals surface area contributed by atoms with E-state index in [1.165, 1.54) is 6.08 Å². The van der Waals surface area contributed by atoms with E-state index in [-0.39, 0.29) is 12.4 Å². The number of primary amides is 1. The fraction of sp³-hybridized carbons (Fsp3) is 0.250. The van der Waals surface area contributed by atoms with Gasteiger partial charge in [0.05, 0.1) is 0 Å². The van der Waals surface area contributed by atoms with Crippen LogP contribution in [-0.2, 0) is 4.79 Å². The SMILES string of the molecule is C/C(N)=C/C(N)=O.Cl. The van der Waals surface area contributed by atoms with Crippen LogP contribution in [0, 0.1) is 0 Å². The fourth-order valence-corrected chi connectivity index (χ4v) is 0.224. The lowest BCUT2D eigenvalue weighted by Gasteiger charge is -1.82. The number of halogens is 1. The Balaban J connectivity index is 0. The van der Waals surface area contributed by atoms with Crippen LogP contribution in [0.1, 0.15) is 6.92 Å². The van der Waals surface area contributed by atoms with Gasteiger partial charge in [-0.2, -0.15) is 0 Å². The van der Waals surface area contributed by atoms with Gasteiger partial charge in [-0.3, -0.25) is 4.79 Å². The number of rotatable bonds is 1. The van der Waals surface area contributed by atoms with E-state index in [0.717, 1.165) is 0 Å². The van der Waals surface area contributed by atoms with Gasteiger partial charge in [0.1, 0.15) is 0 Å². The molecular formula is C4H9ClN2O. The maximum absolute atomic E-state index is 9.88. The highest BCUT2D eigenvalue weighted by molar-refractivity contribution is 5.86. The van der Waals surface area contributed by atoms with E-state index in [1.54, 1.807) is 6.92 Å². The van der Waals surface area contributed by atoms with Crippen molar-refractivity contribution in [1.82, 2.24) is 0 Å². The molecule has 0 heterocycles. The van der Waals surface area contributed by atoms with E-state index < -0.39 is 5.91 Å². The van der Waals surface area contributed by atoms with Gasteiger partial charge >= 0.3 is 0 Å². The number of allylic oxidation sites excluding steroid dienone is 1. The molecule has 0 unspecified atom stereocenters. The molecule has 0 rings (SSSR count). The average Bonchev–Trinajstić information content (AvgIpc) is 1.27. The second-order valence-electron chi connectivity index (χ2n) is 1.29. The third-order valence-electron chi connectivity index (χ3n) is 0.370. The van der Waals surface area contributed by atoms with Crippen LogP contribution in [0.4, 0.5) is 0 Å². The van der Waals surface area contributed by atoms with Crippen molar-refractivity contribution in [2.24, 2.45) is 11.5 Å². The van der Waals surface area contributed by atoms with Crippen molar-refractivity contribution in [3.05, 3.63) is 11.8 Å². The first-order valence-corrected chi connectivity index (χ1v) is 1.86. The van der Waals surface area contributed by atoms with Crippen LogP contribution in [-0.4, -0.2) is 5.91 Å². The average molecular weight is 137 g/mol. The van der Waals surface area contributed by atoms with Gasteiger partial charge in [0, 0.05) is 11.8 Å². The summed E-state index contributed by atoms with van der Waals surface area (Å²) >= 11 is 0. The number of carbonyl (C=O) groups excluding carboxylic acids is 1. The number of amides is 1. The highest BCUT2D eigenvalue weighted by Gasteiger charge is 1.81. The summed E-state index contributed by atoms with van der Waals surface area (Å²) < 4.78 is 0. The predicted octanol–water partition coefficient (Wildman–Crippen LogP) is -0.244. The zero-order valence-corrected chi connectivity index (χ0v) is 5.37. The van der Waals surface area contributed by atoms with Crippen molar-refractivity contribution in [3.63, 3.8) is 0 Å². The van der Waals surface area contributed by atoms with Crippen molar-refractivity contribution < 1.29 is 4.79 Å². The van der Waals surface area contributed by atoms with E-state index in [9.17, 15) is 4.79 Å². The molecule has 0 radical (unpaired) electrons. The summed E-state index contributed by atoms with van der Waals surface area (Å²) in [6, 6.07) is 0. The lowest BCUT2D eigenvalue weighted by Crippen LogP contribution is -2.08. The molecule has 0 spiro atoms. The highest BCUT2D eigenvalue weighted by atomic mass is 35.5. The van der Waals surface area contributed by atoms with Gasteiger partial charge in [-0.15, -0.1) is 12.4 Å². The van der Waals surface area contributed by atoms with Gasteiger partial charge in [0.2, 0.25) is 5.91 Å². The smallest absolute Gasteiger partial charge is 0.243 e. The largest absolute Gasteiger partial charge is 0.402 e. The molecule has 0 saturated heterocycles. The maximum Gasteiger partial charge on any atom is 0.243 e. The Labute approximate surface area is 54.1 Å². The highest BCUT2D eigenvalue weighted by Crippen LogP contribution is 1.74. The Morgan fingerprint density at radius 1 is 1.50 bits per heavy atom. The summed E-state index contributed by atoms with van der Waals surface area (Å²) in [5.74, 6) is -0.500. The number of carbonyl (C=O) groups is 1. The Morgan fingerprint density at radius 2 is 1.88 bits per heavy atom. The van der Waals surface area contributed by atoms with E-state index in [0.29, 0.717) is 5.70 Å². The minimum absolute atomic E-state index is 0. The first kappa shape index (κ1) is 10.3. The topological polar surface area (TPSA) is 69.1 Å². The Kier molecular flexibility index (Phi) is 5.75. The van der Waals surface area contributed by atoms with Crippen LogP contribution in [0.5, 0.6) is 0 Å². The molecule has 0 aromatic heterocycles. The first-order chi connectivity index (χ1) is 3.13. The third-order valence-corrected chi connectivity index (χ3v) is 0.370. The molecule has 0 saturated carbocycles. The Morgan fingerprint density at radius 3 is 1.88 bits per heavy atom. The maximum atomic E-state index is 9.88. The van der Waals surface area contributed by atoms with Gasteiger partial charge in [-0.1, -0.05) is 0 Å². The second kappa shape index (κ2) is 4.46. The normalized spacial score (nSPS) is 9.88. The zero-order valence-electron chi connectivity index (χ0n) is 4.55. The van der Waals surface area contributed by atoms with Gasteiger partial charge in [-0.25, -0.2) is 0 Å². The number of hydrogen-bond donors (Lipinski definition) is 2. The van der Waals surface area contributed by atoms with Crippen LogP contribution >= 0.6 is 12.4 Å². The molecule has 3 nitrogen and oxygen atoms in total. The first-order valence-electron chi connectivity index (χ1n) is 1.86. The Hall–Kier alpha value is -0.700. The lowest BCUT2D eigenvalue weighted by molar-refractivity contribution is -0.113. The van der Waals surface area contributed by atoms with E-state index in [1.807, 2.05) is 0 Å². The Bertz CT molecular complexity index is 107. The molecular weight excluding hydrogens is 128 g/mol. The molecule has 48 valence electrons. The second-order valence-corrected chi connectivity index (χ2v) is 1.29. The number of hydrogen-bond acceptors (Lipinski definition) is 2. The summed E-state index contributed by atoms with van der Waals surface area (Å²) in [5.41, 5.74) is 10.2. The molecule has 4 N–H and O–H groups in total. The standard InChI is InChI=1S/C4H8N2O.ClH/c1-3(5)2-4(6)7;/h2H,5H2,1H3,(H2,6,7);1H/b3-2-;. The van der Waals surface area contributed by atoms with Crippen molar-refractivity contribution in [1.29, 1.82) is 0 Å². The van der Waals surface area contributed by atoms with Gasteiger partial charge in [-0.05, 0) is 6.92 Å². The molecule has 0 fully saturated rings. The summed E-state index contributed by atoms with van der Waals surface area (Å²) in [7, 11) is 0. The molecule has 0 atom stereocenters. The van der Waals surface area contributed by atoms with Crippen LogP contribution in [0.3, 0.4) is 0 Å². The molecule has 0 aliphatic carbocycles. The monoisotopic (exact) mass is 136 g/mol. The molecule has 4 heteroatoms. The van der Waals surface area contributed by atoms with Gasteiger partial charge in [0.25, 0.3) is 0 Å². The van der Waals surface area contributed by atoms with E-state index in [4.69, 9.17) is 11.5 Å². The summed E-state index contributed by atoms with van der Waals surface area (Å²) in [5, 5.41) is 0. The third kappa shape index (κ3) is 9.00. The van der Waals surface area contributed by atoms with E-state index in [2.05, 4.69) is 0 Å². The van der Waals surface area contributed by atoms with Gasteiger partial charge in [0.15, 0.2) is 0 Å². The molecule has 0 aromatic rings. The summed E-state index contributed by atoms with van der Waals surface area (Å²) in [4.78, 5) is 9.88. The van der Waals surface area contributed by atoms with Crippen LogP contribution < -0.4 is 11.5 Å². The van der Waals surface area contributed by atoms with Crippen molar-refractivity contribution in [3.8, 4) is 0 Å². The van der Waals surface area contributed by atoms with Crippen LogP contribution in [0.25, 0.3) is 0 Å². The van der Waals surface area contributed by atoms with Crippen molar-refractivity contribution in [2.75, 3.05) is 0 Å².